The van der Waals surface area contributed by atoms with E-state index in [4.69, 9.17) is 19.1 Å². The quantitative estimate of drug-likeness (QED) is 0.248. The third kappa shape index (κ3) is 4.80. The predicted molar refractivity (Wildman–Crippen MR) is 183 cm³/mol. The van der Waals surface area contributed by atoms with Gasteiger partial charge in [0.25, 0.3) is 0 Å². The van der Waals surface area contributed by atoms with Crippen LogP contribution in [0.25, 0.3) is 32.9 Å². The maximum absolute atomic E-state index is 14.0. The van der Waals surface area contributed by atoms with E-state index < -0.39 is 23.3 Å². The number of fused-ring (bicyclic) bond motifs is 6. The van der Waals surface area contributed by atoms with Gasteiger partial charge in [0.05, 0.1) is 35.4 Å². The van der Waals surface area contributed by atoms with Gasteiger partial charge in [0.1, 0.15) is 24.2 Å². The number of nitrogens with one attached hydrogen (secondary N) is 2. The van der Waals surface area contributed by atoms with E-state index in [0.29, 0.717) is 18.4 Å². The molecule has 1 aromatic heterocycles. The Balaban J connectivity index is 1.10. The number of imidazole rings is 1. The third-order valence-corrected chi connectivity index (χ3v) is 11.8. The van der Waals surface area contributed by atoms with Crippen LogP contribution in [0, 0.1) is 17.8 Å². The number of carbonyl (C=O) groups is 2. The second kappa shape index (κ2) is 11.0. The molecule has 1 aliphatic carbocycles. The summed E-state index contributed by atoms with van der Waals surface area (Å²) in [6.07, 6.45) is 2.41. The third-order valence-electron chi connectivity index (χ3n) is 11.8. The fraction of sp³-hybridized carbons (Fsp3) is 0.486. The van der Waals surface area contributed by atoms with Crippen LogP contribution in [-0.4, -0.2) is 69.9 Å². The second-order valence-electron chi connectivity index (χ2n) is 15.1. The maximum Gasteiger partial charge on any atom is 0.407 e. The normalized spacial score (nSPS) is 26.2. The van der Waals surface area contributed by atoms with Gasteiger partial charge in [-0.05, 0) is 99.4 Å². The molecule has 2 unspecified atom stereocenters. The molecular weight excluding hydrogens is 607 g/mol. The molecular formula is C37H42BN4O6. The van der Waals surface area contributed by atoms with E-state index in [1.165, 1.54) is 7.11 Å². The first-order valence-electron chi connectivity index (χ1n) is 17.0. The van der Waals surface area contributed by atoms with E-state index in [0.717, 1.165) is 74.8 Å². The largest absolute Gasteiger partial charge is 0.488 e. The van der Waals surface area contributed by atoms with Crippen LogP contribution in [0.1, 0.15) is 71.3 Å². The van der Waals surface area contributed by atoms with E-state index in [2.05, 4.69) is 53.6 Å². The summed E-state index contributed by atoms with van der Waals surface area (Å²) >= 11 is 0. The highest BCUT2D eigenvalue weighted by atomic mass is 16.5. The molecule has 4 aromatic rings. The summed E-state index contributed by atoms with van der Waals surface area (Å²) in [5.41, 5.74) is 4.11. The fourth-order valence-electron chi connectivity index (χ4n) is 8.44. The van der Waals surface area contributed by atoms with Crippen LogP contribution < -0.4 is 15.5 Å². The van der Waals surface area contributed by atoms with Gasteiger partial charge in [0.2, 0.25) is 5.91 Å². The van der Waals surface area contributed by atoms with Gasteiger partial charge >= 0.3 is 13.6 Å². The summed E-state index contributed by atoms with van der Waals surface area (Å²) in [7, 11) is 3.03. The minimum absolute atomic E-state index is 0.0430. The van der Waals surface area contributed by atoms with Crippen molar-refractivity contribution >= 4 is 46.8 Å². The smallest absolute Gasteiger partial charge is 0.407 e. The number of alkyl carbamates (subject to hydrolysis) is 1. The van der Waals surface area contributed by atoms with Gasteiger partial charge in [-0.2, -0.15) is 0 Å². The van der Waals surface area contributed by atoms with Crippen LogP contribution in [0.4, 0.5) is 4.79 Å². The lowest BCUT2D eigenvalue weighted by Crippen LogP contribution is -2.61. The van der Waals surface area contributed by atoms with Gasteiger partial charge in [0.15, 0.2) is 0 Å². The number of aromatic amines is 1. The van der Waals surface area contributed by atoms with Crippen molar-refractivity contribution < 1.29 is 28.8 Å². The molecule has 11 heteroatoms. The Kier molecular flexibility index (Phi) is 7.13. The van der Waals surface area contributed by atoms with Crippen LogP contribution in [0.2, 0.25) is 0 Å². The van der Waals surface area contributed by atoms with Crippen molar-refractivity contribution in [2.75, 3.05) is 7.11 Å². The van der Waals surface area contributed by atoms with Gasteiger partial charge in [0, 0.05) is 17.0 Å². The molecule has 3 N–H and O–H groups in total. The molecule has 249 valence electrons. The Morgan fingerprint density at radius 1 is 1.12 bits per heavy atom. The number of benzene rings is 3. The number of aromatic nitrogens is 2. The van der Waals surface area contributed by atoms with Crippen molar-refractivity contribution in [1.29, 1.82) is 0 Å². The number of ether oxygens (including phenoxy) is 2. The highest BCUT2D eigenvalue weighted by Gasteiger charge is 2.59. The predicted octanol–water partition coefficient (Wildman–Crippen LogP) is 5.13. The number of carbonyl (C=O) groups excluding carboxylic acids is 2. The standard InChI is InChI=1S/C37H42BN4O6/c1-18-23-10-7-20-15-28(42(32(20)23)34(43)30(18)41-35(44)46-6)33-39-27-12-8-19-14-26-24-11-9-22(38-48-37(4,5)36(2,3)45)13-21(24)17-47-29(26)16-25(19)31(27)40-33/h8-9,11-14,16,18,20,23,28,30,32,45H,7,10,15,17H2,1-6H3,(H,39,40)(H,41,44)/t18?,20-,23?,28-,30-,32+/m0/s1. The number of H-pyrrole nitrogens is 1. The summed E-state index contributed by atoms with van der Waals surface area (Å²) in [5, 5.41) is 15.3. The summed E-state index contributed by atoms with van der Waals surface area (Å²) in [5.74, 6) is 2.34. The van der Waals surface area contributed by atoms with E-state index in [1.54, 1.807) is 21.3 Å². The Morgan fingerprint density at radius 3 is 2.71 bits per heavy atom. The zero-order chi connectivity index (χ0) is 33.7. The number of nitrogens with zero attached hydrogens (tertiary/aromatic N) is 2. The molecule has 2 amide bonds. The lowest BCUT2D eigenvalue weighted by Gasteiger charge is -2.45. The SMILES string of the molecule is COC(=O)N[C@@H]1C(=O)N2[C@H](c3nc4c(ccc5cc6c(cc54)OCc4cc([B]OC(C)(C)C(C)(C)O)ccc4-6)[nH]3)C[C@@H]3CCC(C1C)[C@@H]32. The van der Waals surface area contributed by atoms with Crippen molar-refractivity contribution in [3.8, 4) is 16.9 Å². The highest BCUT2D eigenvalue weighted by molar-refractivity contribution is 6.47. The number of aliphatic hydroxyl groups is 1. The second-order valence-corrected chi connectivity index (χ2v) is 15.1. The molecule has 3 aliphatic heterocycles. The highest BCUT2D eigenvalue weighted by Crippen LogP contribution is 2.55. The van der Waals surface area contributed by atoms with Gasteiger partial charge < -0.3 is 34.4 Å². The fourth-order valence-corrected chi connectivity index (χ4v) is 8.44. The molecule has 0 spiro atoms. The first kappa shape index (κ1) is 31.2. The Hall–Kier alpha value is -4.09. The average molecular weight is 650 g/mol. The van der Waals surface area contributed by atoms with E-state index in [1.807, 2.05) is 24.8 Å². The zero-order valence-electron chi connectivity index (χ0n) is 28.3. The first-order valence-corrected chi connectivity index (χ1v) is 17.0. The molecule has 4 aliphatic rings. The lowest BCUT2D eigenvalue weighted by atomic mass is 9.78. The summed E-state index contributed by atoms with van der Waals surface area (Å²) in [4.78, 5) is 36.9. The summed E-state index contributed by atoms with van der Waals surface area (Å²) < 4.78 is 17.2. The van der Waals surface area contributed by atoms with Crippen molar-refractivity contribution in [2.45, 2.75) is 89.8 Å². The van der Waals surface area contributed by atoms with Gasteiger partial charge in [-0.3, -0.25) is 4.79 Å². The Morgan fingerprint density at radius 2 is 1.94 bits per heavy atom. The topological polar surface area (TPSA) is 126 Å². The zero-order valence-corrected chi connectivity index (χ0v) is 28.3. The number of methoxy groups -OCH3 is 1. The molecule has 10 nitrogen and oxygen atoms in total. The molecule has 4 heterocycles. The monoisotopic (exact) mass is 649 g/mol. The number of piperidine rings is 1. The van der Waals surface area contributed by atoms with Crippen LogP contribution in [0.5, 0.6) is 5.75 Å². The van der Waals surface area contributed by atoms with Crippen molar-refractivity contribution in [2.24, 2.45) is 17.8 Å². The molecule has 3 aromatic carbocycles. The molecule has 1 radical (unpaired) electrons. The molecule has 6 atom stereocenters. The minimum Gasteiger partial charge on any atom is -0.488 e. The van der Waals surface area contributed by atoms with Gasteiger partial charge in [-0.15, -0.1) is 0 Å². The minimum atomic E-state index is -1.00. The van der Waals surface area contributed by atoms with Crippen LogP contribution in [-0.2, 0) is 20.8 Å². The maximum atomic E-state index is 14.0. The molecule has 0 bridgehead atoms. The molecule has 8 rings (SSSR count). The van der Waals surface area contributed by atoms with Gasteiger partial charge in [-0.1, -0.05) is 36.7 Å². The first-order chi connectivity index (χ1) is 22.8. The van der Waals surface area contributed by atoms with Crippen molar-refractivity contribution in [1.82, 2.24) is 20.2 Å². The van der Waals surface area contributed by atoms with Crippen LogP contribution in [0.15, 0.2) is 42.5 Å². The number of hydrogen-bond donors (Lipinski definition) is 3. The number of rotatable bonds is 6. The average Bonchev–Trinajstić information content (AvgIpc) is 3.77. The Labute approximate surface area is 280 Å². The number of hydrogen-bond acceptors (Lipinski definition) is 7. The van der Waals surface area contributed by atoms with Crippen LogP contribution in [0.3, 0.4) is 0 Å². The number of amides is 2. The molecule has 3 fully saturated rings. The summed E-state index contributed by atoms with van der Waals surface area (Å²) in [6.45, 7) is 9.73. The van der Waals surface area contributed by atoms with E-state index in [9.17, 15) is 14.7 Å². The lowest BCUT2D eigenvalue weighted by molar-refractivity contribution is -0.145. The summed E-state index contributed by atoms with van der Waals surface area (Å²) in [6, 6.07) is 14.0. The molecule has 1 saturated carbocycles. The van der Waals surface area contributed by atoms with Crippen molar-refractivity contribution in [3.05, 3.63) is 53.9 Å². The molecule has 2 saturated heterocycles. The van der Waals surface area contributed by atoms with Crippen LogP contribution >= 0.6 is 0 Å². The molecule has 48 heavy (non-hydrogen) atoms. The van der Waals surface area contributed by atoms with E-state index >= 15 is 0 Å². The Bertz CT molecular complexity index is 1970. The van der Waals surface area contributed by atoms with Crippen molar-refractivity contribution in [3.63, 3.8) is 0 Å². The van der Waals surface area contributed by atoms with E-state index in [-0.39, 0.29) is 23.9 Å². The van der Waals surface area contributed by atoms with Gasteiger partial charge in [-0.25, -0.2) is 9.78 Å².